The lowest BCUT2D eigenvalue weighted by atomic mass is 10.1. The zero-order valence-corrected chi connectivity index (χ0v) is 12.5. The molecule has 0 aliphatic rings. The molecule has 2 rings (SSSR count). The lowest BCUT2D eigenvalue weighted by Crippen LogP contribution is -2.06. The highest BCUT2D eigenvalue weighted by Crippen LogP contribution is 2.25. The Balaban J connectivity index is 2.12. The van der Waals surface area contributed by atoms with Crippen molar-refractivity contribution in [1.29, 1.82) is 0 Å². The van der Waals surface area contributed by atoms with Crippen molar-refractivity contribution in [3.05, 3.63) is 34.6 Å². The van der Waals surface area contributed by atoms with Gasteiger partial charge in [-0.25, -0.2) is 0 Å². The largest absolute Gasteiger partial charge is 0.338 e. The van der Waals surface area contributed by atoms with Crippen LogP contribution in [0.2, 0.25) is 0 Å². The van der Waals surface area contributed by atoms with Crippen LogP contribution >= 0.6 is 15.9 Å². The molecule has 0 unspecified atom stereocenters. The Bertz CT molecular complexity index is 578. The molecule has 5 heteroatoms. The molecule has 1 aromatic heterocycles. The van der Waals surface area contributed by atoms with E-state index in [1.807, 2.05) is 38.1 Å². The van der Waals surface area contributed by atoms with Gasteiger partial charge < -0.3 is 4.52 Å². The first kappa shape index (κ1) is 13.9. The first-order valence-electron chi connectivity index (χ1n) is 6.15. The minimum Gasteiger partial charge on any atom is -0.338 e. The molecule has 100 valence electrons. The van der Waals surface area contributed by atoms with Crippen LogP contribution in [0.25, 0.3) is 11.4 Å². The maximum Gasteiger partial charge on any atom is 0.234 e. The predicted molar refractivity (Wildman–Crippen MR) is 75.6 cm³/mol. The molecule has 0 spiro atoms. The summed E-state index contributed by atoms with van der Waals surface area (Å²) in [5, 5.41) is 3.91. The molecular weight excluding hydrogens is 308 g/mol. The van der Waals surface area contributed by atoms with E-state index < -0.39 is 0 Å². The molecule has 0 N–H and O–H groups in total. The van der Waals surface area contributed by atoms with Gasteiger partial charge in [0.1, 0.15) is 5.78 Å². The van der Waals surface area contributed by atoms with Crippen molar-refractivity contribution >= 4 is 21.7 Å². The van der Waals surface area contributed by atoms with E-state index in [-0.39, 0.29) is 12.2 Å². The van der Waals surface area contributed by atoms with Crippen LogP contribution in [0, 0.1) is 5.92 Å². The maximum absolute atomic E-state index is 11.7. The maximum atomic E-state index is 11.7. The monoisotopic (exact) mass is 322 g/mol. The molecule has 2 aromatic rings. The van der Waals surface area contributed by atoms with E-state index in [1.54, 1.807) is 0 Å². The summed E-state index contributed by atoms with van der Waals surface area (Å²) in [5.74, 6) is 1.34. The number of aromatic nitrogens is 2. The van der Waals surface area contributed by atoms with Crippen LogP contribution in [0.15, 0.2) is 33.3 Å². The second-order valence-electron chi connectivity index (χ2n) is 4.80. The summed E-state index contributed by atoms with van der Waals surface area (Å²) in [6.45, 7) is 4.02. The standard InChI is InChI=1S/C14H15BrN2O2/c1-9(2)7-10(18)8-13-16-14(17-19-13)11-5-3-4-6-12(11)15/h3-6,9H,7-8H2,1-2H3. The van der Waals surface area contributed by atoms with Gasteiger partial charge in [-0.3, -0.25) is 4.79 Å². The van der Waals surface area contributed by atoms with Crippen molar-refractivity contribution in [2.75, 3.05) is 0 Å². The third kappa shape index (κ3) is 3.73. The van der Waals surface area contributed by atoms with E-state index in [0.29, 0.717) is 24.1 Å². The van der Waals surface area contributed by atoms with Crippen LogP contribution in [0.5, 0.6) is 0 Å². The van der Waals surface area contributed by atoms with Crippen LogP contribution < -0.4 is 0 Å². The lowest BCUT2D eigenvalue weighted by Gasteiger charge is -2.00. The van der Waals surface area contributed by atoms with E-state index in [1.165, 1.54) is 0 Å². The Morgan fingerprint density at radius 1 is 1.37 bits per heavy atom. The highest BCUT2D eigenvalue weighted by atomic mass is 79.9. The minimum atomic E-state index is 0.123. The van der Waals surface area contributed by atoms with E-state index in [4.69, 9.17) is 4.52 Å². The Labute approximate surface area is 120 Å². The van der Waals surface area contributed by atoms with Gasteiger partial charge in [0.15, 0.2) is 0 Å². The molecule has 0 aliphatic heterocycles. The van der Waals surface area contributed by atoms with Crippen LogP contribution in [-0.2, 0) is 11.2 Å². The summed E-state index contributed by atoms with van der Waals surface area (Å²) in [6.07, 6.45) is 0.738. The normalized spacial score (nSPS) is 10.9. The summed E-state index contributed by atoms with van der Waals surface area (Å²) >= 11 is 3.44. The third-order valence-corrected chi connectivity index (χ3v) is 3.26. The first-order valence-corrected chi connectivity index (χ1v) is 6.94. The SMILES string of the molecule is CC(C)CC(=O)Cc1nc(-c2ccccc2Br)no1. The molecule has 0 amide bonds. The summed E-state index contributed by atoms with van der Waals surface area (Å²) in [4.78, 5) is 16.0. The summed E-state index contributed by atoms with van der Waals surface area (Å²) < 4.78 is 6.02. The topological polar surface area (TPSA) is 56.0 Å². The number of hydrogen-bond donors (Lipinski definition) is 0. The highest BCUT2D eigenvalue weighted by molar-refractivity contribution is 9.10. The average Bonchev–Trinajstić information content (AvgIpc) is 2.76. The number of nitrogens with zero attached hydrogens (tertiary/aromatic N) is 2. The number of rotatable bonds is 5. The molecule has 1 heterocycles. The van der Waals surface area contributed by atoms with Gasteiger partial charge in [0.05, 0.1) is 6.42 Å². The van der Waals surface area contributed by atoms with Gasteiger partial charge in [-0.2, -0.15) is 4.98 Å². The smallest absolute Gasteiger partial charge is 0.234 e. The number of hydrogen-bond acceptors (Lipinski definition) is 4. The van der Waals surface area contributed by atoms with Crippen molar-refractivity contribution in [2.24, 2.45) is 5.92 Å². The molecule has 0 saturated carbocycles. The molecule has 1 aromatic carbocycles. The number of carbonyl (C=O) groups excluding carboxylic acids is 1. The molecule has 4 nitrogen and oxygen atoms in total. The fraction of sp³-hybridized carbons (Fsp3) is 0.357. The predicted octanol–water partition coefficient (Wildman–Crippen LogP) is 3.66. The molecule has 0 fully saturated rings. The summed E-state index contributed by atoms with van der Waals surface area (Å²) in [6, 6.07) is 7.63. The Hall–Kier alpha value is -1.49. The van der Waals surface area contributed by atoms with E-state index in [2.05, 4.69) is 26.1 Å². The zero-order chi connectivity index (χ0) is 13.8. The van der Waals surface area contributed by atoms with Gasteiger partial charge in [-0.05, 0) is 18.1 Å². The zero-order valence-electron chi connectivity index (χ0n) is 10.9. The highest BCUT2D eigenvalue weighted by Gasteiger charge is 2.14. The number of halogens is 1. The number of ketones is 1. The van der Waals surface area contributed by atoms with E-state index in [9.17, 15) is 4.79 Å². The van der Waals surface area contributed by atoms with Crippen molar-refractivity contribution in [3.63, 3.8) is 0 Å². The summed E-state index contributed by atoms with van der Waals surface area (Å²) in [5.41, 5.74) is 0.855. The van der Waals surface area contributed by atoms with Crippen LogP contribution in [0.3, 0.4) is 0 Å². The lowest BCUT2D eigenvalue weighted by molar-refractivity contribution is -0.119. The van der Waals surface area contributed by atoms with Gasteiger partial charge >= 0.3 is 0 Å². The van der Waals surface area contributed by atoms with Crippen molar-refractivity contribution in [1.82, 2.24) is 10.1 Å². The van der Waals surface area contributed by atoms with Gasteiger partial charge in [-0.15, -0.1) is 0 Å². The average molecular weight is 323 g/mol. The molecule has 0 aliphatic carbocycles. The van der Waals surface area contributed by atoms with Crippen molar-refractivity contribution < 1.29 is 9.32 Å². The van der Waals surface area contributed by atoms with Gasteiger partial charge in [0.25, 0.3) is 0 Å². The number of carbonyl (C=O) groups is 1. The molecule has 19 heavy (non-hydrogen) atoms. The van der Waals surface area contributed by atoms with Crippen LogP contribution in [0.1, 0.15) is 26.2 Å². The van der Waals surface area contributed by atoms with E-state index >= 15 is 0 Å². The fourth-order valence-corrected chi connectivity index (χ4v) is 2.24. The Morgan fingerprint density at radius 2 is 2.11 bits per heavy atom. The second kappa shape index (κ2) is 6.10. The number of Topliss-reactive ketones (excluding diaryl/α,β-unsaturated/α-hetero) is 1. The molecule has 0 radical (unpaired) electrons. The van der Waals surface area contributed by atoms with Crippen LogP contribution in [-0.4, -0.2) is 15.9 Å². The Kier molecular flexibility index (Phi) is 4.47. The van der Waals surface area contributed by atoms with Crippen LogP contribution in [0.4, 0.5) is 0 Å². The molecular formula is C14H15BrN2O2. The van der Waals surface area contributed by atoms with Crippen molar-refractivity contribution in [3.8, 4) is 11.4 Å². The third-order valence-electron chi connectivity index (χ3n) is 2.57. The molecule has 0 saturated heterocycles. The van der Waals surface area contributed by atoms with Gasteiger partial charge in [0.2, 0.25) is 11.7 Å². The summed E-state index contributed by atoms with van der Waals surface area (Å²) in [7, 11) is 0. The van der Waals surface area contributed by atoms with E-state index in [0.717, 1.165) is 10.0 Å². The molecule has 0 atom stereocenters. The van der Waals surface area contributed by atoms with Gasteiger partial charge in [-0.1, -0.05) is 47.1 Å². The van der Waals surface area contributed by atoms with Crippen molar-refractivity contribution in [2.45, 2.75) is 26.7 Å². The number of benzene rings is 1. The second-order valence-corrected chi connectivity index (χ2v) is 5.66. The van der Waals surface area contributed by atoms with Gasteiger partial charge in [0, 0.05) is 16.5 Å². The molecule has 0 bridgehead atoms. The Morgan fingerprint density at radius 3 is 2.79 bits per heavy atom. The quantitative estimate of drug-likeness (QED) is 0.843. The first-order chi connectivity index (χ1) is 9.06. The minimum absolute atomic E-state index is 0.123. The fourth-order valence-electron chi connectivity index (χ4n) is 1.77.